The van der Waals surface area contributed by atoms with E-state index in [4.69, 9.17) is 5.26 Å². The van der Waals surface area contributed by atoms with Crippen LogP contribution in [-0.4, -0.2) is 23.2 Å². The van der Waals surface area contributed by atoms with E-state index >= 15 is 0 Å². The molecular formula is C17H17N3O3. The summed E-state index contributed by atoms with van der Waals surface area (Å²) < 4.78 is 0. The molecule has 0 heterocycles. The van der Waals surface area contributed by atoms with Crippen molar-refractivity contribution < 1.29 is 10.0 Å². The minimum absolute atomic E-state index is 0.0621. The molecule has 1 atom stereocenters. The van der Waals surface area contributed by atoms with E-state index in [9.17, 15) is 15.2 Å². The largest absolute Gasteiger partial charge is 0.396 e. The van der Waals surface area contributed by atoms with Crippen LogP contribution in [0.4, 0.5) is 11.4 Å². The Labute approximate surface area is 134 Å². The summed E-state index contributed by atoms with van der Waals surface area (Å²) in [5, 5.41) is 32.3. The third kappa shape index (κ3) is 4.28. The number of benzene rings is 2. The van der Waals surface area contributed by atoms with Gasteiger partial charge < -0.3 is 10.4 Å². The van der Waals surface area contributed by atoms with Gasteiger partial charge in [-0.3, -0.25) is 10.1 Å². The van der Waals surface area contributed by atoms with E-state index in [1.807, 2.05) is 36.4 Å². The topological polar surface area (TPSA) is 99.2 Å². The van der Waals surface area contributed by atoms with E-state index < -0.39 is 4.92 Å². The maximum absolute atomic E-state index is 10.8. The molecule has 0 aliphatic carbocycles. The lowest BCUT2D eigenvalue weighted by atomic mass is 9.96. The number of nitriles is 1. The van der Waals surface area contributed by atoms with Crippen molar-refractivity contribution in [1.29, 1.82) is 5.26 Å². The maximum Gasteiger partial charge on any atom is 0.270 e. The van der Waals surface area contributed by atoms with Crippen LogP contribution in [-0.2, 0) is 0 Å². The SMILES string of the molecule is N#Cc1cc([N+](=O)[O-])ccc1NCC(CCO)c1ccccc1. The van der Waals surface area contributed by atoms with Crippen LogP contribution in [0.1, 0.15) is 23.5 Å². The van der Waals surface area contributed by atoms with Crippen molar-refractivity contribution in [3.63, 3.8) is 0 Å². The number of hydrogen-bond donors (Lipinski definition) is 2. The number of nitro groups is 1. The molecule has 23 heavy (non-hydrogen) atoms. The quantitative estimate of drug-likeness (QED) is 0.605. The third-order valence-corrected chi connectivity index (χ3v) is 3.62. The number of anilines is 1. The first-order valence-corrected chi connectivity index (χ1v) is 7.24. The van der Waals surface area contributed by atoms with Gasteiger partial charge in [-0.2, -0.15) is 5.26 Å². The second-order valence-corrected chi connectivity index (χ2v) is 5.10. The first kappa shape index (κ1) is 16.5. The summed E-state index contributed by atoms with van der Waals surface area (Å²) in [6.45, 7) is 0.587. The second-order valence-electron chi connectivity index (χ2n) is 5.10. The number of non-ortho nitro benzene ring substituents is 1. The fraction of sp³-hybridized carbons (Fsp3) is 0.235. The number of aliphatic hydroxyl groups excluding tert-OH is 1. The van der Waals surface area contributed by atoms with Gasteiger partial charge in [-0.05, 0) is 18.1 Å². The Bertz CT molecular complexity index is 711. The number of aliphatic hydroxyl groups is 1. The Morgan fingerprint density at radius 2 is 2.00 bits per heavy atom. The Kier molecular flexibility index (Phi) is 5.67. The zero-order valence-corrected chi connectivity index (χ0v) is 12.5. The highest BCUT2D eigenvalue weighted by Gasteiger charge is 2.14. The third-order valence-electron chi connectivity index (χ3n) is 3.62. The number of rotatable bonds is 7. The molecule has 0 aliphatic heterocycles. The monoisotopic (exact) mass is 311 g/mol. The summed E-state index contributed by atoms with van der Waals surface area (Å²) in [5.74, 6) is 0.0861. The van der Waals surface area contributed by atoms with Gasteiger partial charge >= 0.3 is 0 Å². The lowest BCUT2D eigenvalue weighted by Gasteiger charge is -2.18. The van der Waals surface area contributed by atoms with Gasteiger partial charge in [0.1, 0.15) is 6.07 Å². The van der Waals surface area contributed by atoms with Gasteiger partial charge in [0.15, 0.2) is 0 Å². The average Bonchev–Trinajstić information content (AvgIpc) is 2.59. The van der Waals surface area contributed by atoms with Crippen LogP contribution < -0.4 is 5.32 Å². The molecule has 2 aromatic carbocycles. The Balaban J connectivity index is 2.15. The minimum atomic E-state index is -0.525. The number of nitrogens with zero attached hydrogens (tertiary/aromatic N) is 2. The predicted molar refractivity (Wildman–Crippen MR) is 87.2 cm³/mol. The predicted octanol–water partition coefficient (Wildman–Crippen LogP) is 3.04. The molecule has 118 valence electrons. The molecule has 6 nitrogen and oxygen atoms in total. The molecule has 0 aromatic heterocycles. The van der Waals surface area contributed by atoms with Gasteiger partial charge in [-0.1, -0.05) is 30.3 Å². The van der Waals surface area contributed by atoms with Gasteiger partial charge in [0.2, 0.25) is 0 Å². The number of hydrogen-bond acceptors (Lipinski definition) is 5. The van der Waals surface area contributed by atoms with E-state index in [-0.39, 0.29) is 23.8 Å². The molecular weight excluding hydrogens is 294 g/mol. The highest BCUT2D eigenvalue weighted by atomic mass is 16.6. The molecule has 6 heteroatoms. The molecule has 2 aromatic rings. The van der Waals surface area contributed by atoms with Gasteiger partial charge in [0, 0.05) is 31.2 Å². The van der Waals surface area contributed by atoms with Crippen molar-refractivity contribution in [3.05, 3.63) is 69.8 Å². The lowest BCUT2D eigenvalue weighted by Crippen LogP contribution is -2.15. The molecule has 1 unspecified atom stereocenters. The van der Waals surface area contributed by atoms with Crippen molar-refractivity contribution in [2.75, 3.05) is 18.5 Å². The molecule has 0 saturated carbocycles. The first-order valence-electron chi connectivity index (χ1n) is 7.24. The van der Waals surface area contributed by atoms with Crippen molar-refractivity contribution >= 4 is 11.4 Å². The molecule has 0 amide bonds. The van der Waals surface area contributed by atoms with Crippen LogP contribution in [0.2, 0.25) is 0 Å². The standard InChI is InChI=1S/C17H17N3O3/c18-11-15-10-16(20(22)23)6-7-17(15)19-12-14(8-9-21)13-4-2-1-3-5-13/h1-7,10,14,19,21H,8-9,12H2. The first-order chi connectivity index (χ1) is 11.2. The number of nitrogens with one attached hydrogen (secondary N) is 1. The molecule has 0 aliphatic rings. The van der Waals surface area contributed by atoms with Gasteiger partial charge in [-0.15, -0.1) is 0 Å². The summed E-state index contributed by atoms with van der Waals surface area (Å²) in [7, 11) is 0. The molecule has 0 radical (unpaired) electrons. The van der Waals surface area contributed by atoms with Crippen molar-refractivity contribution in [3.8, 4) is 6.07 Å². The zero-order valence-electron chi connectivity index (χ0n) is 12.5. The Morgan fingerprint density at radius 1 is 1.26 bits per heavy atom. The lowest BCUT2D eigenvalue weighted by molar-refractivity contribution is -0.384. The van der Waals surface area contributed by atoms with Crippen LogP contribution in [0.15, 0.2) is 48.5 Å². The molecule has 0 saturated heterocycles. The van der Waals surface area contributed by atoms with Gasteiger partial charge in [-0.25, -0.2) is 0 Å². The van der Waals surface area contributed by atoms with Crippen molar-refractivity contribution in [2.24, 2.45) is 0 Å². The Hall–Kier alpha value is -2.91. The molecule has 0 bridgehead atoms. The van der Waals surface area contributed by atoms with E-state index in [2.05, 4.69) is 5.32 Å². The van der Waals surface area contributed by atoms with E-state index in [1.165, 1.54) is 18.2 Å². The summed E-state index contributed by atoms with van der Waals surface area (Å²) >= 11 is 0. The summed E-state index contributed by atoms with van der Waals surface area (Å²) in [4.78, 5) is 10.2. The van der Waals surface area contributed by atoms with Gasteiger partial charge in [0.25, 0.3) is 5.69 Å². The number of nitro benzene ring substituents is 1. The van der Waals surface area contributed by atoms with Crippen LogP contribution in [0.25, 0.3) is 0 Å². The minimum Gasteiger partial charge on any atom is -0.396 e. The fourth-order valence-electron chi connectivity index (χ4n) is 2.39. The Morgan fingerprint density at radius 3 is 2.61 bits per heavy atom. The van der Waals surface area contributed by atoms with Crippen LogP contribution >= 0.6 is 0 Å². The molecule has 2 N–H and O–H groups in total. The summed E-state index contributed by atoms with van der Waals surface area (Å²) in [5.41, 5.74) is 1.77. The summed E-state index contributed by atoms with van der Waals surface area (Å²) in [6.07, 6.45) is 0.589. The highest BCUT2D eigenvalue weighted by Crippen LogP contribution is 2.24. The van der Waals surface area contributed by atoms with Gasteiger partial charge in [0.05, 0.1) is 16.2 Å². The maximum atomic E-state index is 10.8. The molecule has 0 fully saturated rings. The average molecular weight is 311 g/mol. The second kappa shape index (κ2) is 7.92. The summed E-state index contributed by atoms with van der Waals surface area (Å²) in [6, 6.07) is 15.9. The molecule has 0 spiro atoms. The van der Waals surface area contributed by atoms with Crippen LogP contribution in [0.3, 0.4) is 0 Å². The van der Waals surface area contributed by atoms with E-state index in [1.54, 1.807) is 0 Å². The molecule has 2 rings (SSSR count). The zero-order chi connectivity index (χ0) is 16.7. The van der Waals surface area contributed by atoms with Crippen molar-refractivity contribution in [2.45, 2.75) is 12.3 Å². The van der Waals surface area contributed by atoms with E-state index in [0.717, 1.165) is 5.56 Å². The van der Waals surface area contributed by atoms with Crippen LogP contribution in [0.5, 0.6) is 0 Å². The highest BCUT2D eigenvalue weighted by molar-refractivity contribution is 5.61. The smallest absolute Gasteiger partial charge is 0.270 e. The fourth-order valence-corrected chi connectivity index (χ4v) is 2.39. The van der Waals surface area contributed by atoms with E-state index in [0.29, 0.717) is 18.7 Å². The van der Waals surface area contributed by atoms with Crippen molar-refractivity contribution in [1.82, 2.24) is 0 Å². The van der Waals surface area contributed by atoms with Crippen LogP contribution in [0, 0.1) is 21.4 Å². The normalized spacial score (nSPS) is 11.5.